The van der Waals surface area contributed by atoms with Crippen LogP contribution in [0.1, 0.15) is 24.8 Å². The number of nitrogens with one attached hydrogen (secondary N) is 1. The van der Waals surface area contributed by atoms with Crippen molar-refractivity contribution >= 4 is 40.2 Å². The maximum atomic E-state index is 12.9. The first-order valence-electron chi connectivity index (χ1n) is 10.3. The number of hydrogen-bond acceptors (Lipinski definition) is 4. The van der Waals surface area contributed by atoms with Gasteiger partial charge in [-0.1, -0.05) is 66.2 Å². The second-order valence-corrected chi connectivity index (χ2v) is 9.20. The fourth-order valence-corrected chi connectivity index (χ4v) is 4.99. The topological polar surface area (TPSA) is 64.0 Å². The Kier molecular flexibility index (Phi) is 6.49. The van der Waals surface area contributed by atoms with Gasteiger partial charge in [-0.3, -0.25) is 14.2 Å². The van der Waals surface area contributed by atoms with Crippen LogP contribution in [0.3, 0.4) is 0 Å². The van der Waals surface area contributed by atoms with E-state index in [0.717, 1.165) is 12.8 Å². The van der Waals surface area contributed by atoms with E-state index in [2.05, 4.69) is 29.0 Å². The Balaban J connectivity index is 1.47. The molecule has 4 rings (SSSR count). The smallest absolute Gasteiger partial charge is 0.262 e. The van der Waals surface area contributed by atoms with Crippen LogP contribution in [-0.2, 0) is 16.8 Å². The standard InChI is InChI=1S/C24H24ClN3O2S/c1-2-13-28-22(30)19-10-9-18(25)14-20(19)27-23(28)31-15-21(29)26-16-24(11-6-12-24)17-7-4-3-5-8-17/h2-5,7-10,14H,1,6,11-13,15-16H2,(H,26,29). The molecule has 0 aliphatic heterocycles. The molecule has 1 heterocycles. The summed E-state index contributed by atoms with van der Waals surface area (Å²) in [5, 5.41) is 4.58. The predicted octanol–water partition coefficient (Wildman–Crippen LogP) is 4.57. The van der Waals surface area contributed by atoms with Gasteiger partial charge in [0.2, 0.25) is 5.91 Å². The first-order valence-corrected chi connectivity index (χ1v) is 11.6. The third kappa shape index (κ3) is 4.55. The number of halogens is 1. The maximum Gasteiger partial charge on any atom is 0.262 e. The zero-order valence-corrected chi connectivity index (χ0v) is 18.7. The Bertz CT molecular complexity index is 1170. The lowest BCUT2D eigenvalue weighted by molar-refractivity contribution is -0.119. The fourth-order valence-electron chi connectivity index (χ4n) is 3.99. The SMILES string of the molecule is C=CCn1c(SCC(=O)NCC2(c3ccccc3)CCC2)nc2cc(Cl)ccc2c1=O. The molecule has 0 spiro atoms. The van der Waals surface area contributed by atoms with Gasteiger partial charge in [0.25, 0.3) is 5.56 Å². The maximum absolute atomic E-state index is 12.9. The number of hydrogen-bond donors (Lipinski definition) is 1. The summed E-state index contributed by atoms with van der Waals surface area (Å²) in [4.78, 5) is 30.1. The Labute approximate surface area is 190 Å². The van der Waals surface area contributed by atoms with Crippen molar-refractivity contribution in [3.8, 4) is 0 Å². The highest BCUT2D eigenvalue weighted by Gasteiger charge is 2.38. The number of amides is 1. The van der Waals surface area contributed by atoms with Crippen LogP contribution in [0.5, 0.6) is 0 Å². The molecule has 2 aromatic carbocycles. The van der Waals surface area contributed by atoms with Crippen LogP contribution in [-0.4, -0.2) is 27.8 Å². The zero-order chi connectivity index (χ0) is 21.8. The number of nitrogens with zero attached hydrogens (tertiary/aromatic N) is 2. The summed E-state index contributed by atoms with van der Waals surface area (Å²) in [6.45, 7) is 4.68. The highest BCUT2D eigenvalue weighted by atomic mass is 35.5. The molecular weight excluding hydrogens is 430 g/mol. The van der Waals surface area contributed by atoms with E-state index < -0.39 is 0 Å². The van der Waals surface area contributed by atoms with Crippen LogP contribution in [0.2, 0.25) is 5.02 Å². The largest absolute Gasteiger partial charge is 0.354 e. The molecular formula is C24H24ClN3O2S. The molecule has 0 unspecified atom stereocenters. The Hall–Kier alpha value is -2.57. The van der Waals surface area contributed by atoms with Crippen molar-refractivity contribution in [2.75, 3.05) is 12.3 Å². The first-order chi connectivity index (χ1) is 15.0. The molecule has 0 bridgehead atoms. The van der Waals surface area contributed by atoms with Crippen molar-refractivity contribution in [1.82, 2.24) is 14.9 Å². The van der Waals surface area contributed by atoms with Crippen LogP contribution >= 0.6 is 23.4 Å². The molecule has 1 fully saturated rings. The van der Waals surface area contributed by atoms with Crippen molar-refractivity contribution in [1.29, 1.82) is 0 Å². The van der Waals surface area contributed by atoms with E-state index in [1.807, 2.05) is 18.2 Å². The lowest BCUT2D eigenvalue weighted by Gasteiger charge is -2.42. The van der Waals surface area contributed by atoms with E-state index >= 15 is 0 Å². The van der Waals surface area contributed by atoms with Crippen molar-refractivity contribution in [3.63, 3.8) is 0 Å². The molecule has 0 atom stereocenters. The second-order valence-electron chi connectivity index (χ2n) is 7.83. The molecule has 5 nitrogen and oxygen atoms in total. The highest BCUT2D eigenvalue weighted by Crippen LogP contribution is 2.43. The molecule has 1 N–H and O–H groups in total. The number of allylic oxidation sites excluding steroid dienone is 1. The van der Waals surface area contributed by atoms with Gasteiger partial charge in [-0.05, 0) is 36.6 Å². The minimum atomic E-state index is -0.165. The molecule has 1 aliphatic carbocycles. The van der Waals surface area contributed by atoms with Crippen LogP contribution in [0.4, 0.5) is 0 Å². The van der Waals surface area contributed by atoms with Crippen LogP contribution < -0.4 is 10.9 Å². The van der Waals surface area contributed by atoms with Gasteiger partial charge in [0.15, 0.2) is 5.16 Å². The molecule has 7 heteroatoms. The summed E-state index contributed by atoms with van der Waals surface area (Å²) in [5.41, 5.74) is 1.67. The molecule has 1 amide bonds. The third-order valence-corrected chi connectivity index (χ3v) is 7.06. The van der Waals surface area contributed by atoms with E-state index in [1.165, 1.54) is 23.7 Å². The van der Waals surface area contributed by atoms with Gasteiger partial charge in [0.05, 0.1) is 16.7 Å². The number of thioether (sulfide) groups is 1. The third-order valence-electron chi connectivity index (χ3n) is 5.85. The molecule has 1 aliphatic rings. The lowest BCUT2D eigenvalue weighted by atomic mass is 9.64. The van der Waals surface area contributed by atoms with Gasteiger partial charge < -0.3 is 5.32 Å². The molecule has 3 aromatic rings. The first kappa shape index (κ1) is 21.7. The van der Waals surface area contributed by atoms with Gasteiger partial charge in [0.1, 0.15) is 0 Å². The highest BCUT2D eigenvalue weighted by molar-refractivity contribution is 7.99. The van der Waals surface area contributed by atoms with E-state index in [9.17, 15) is 9.59 Å². The molecule has 1 saturated carbocycles. The van der Waals surface area contributed by atoms with Gasteiger partial charge in [-0.25, -0.2) is 4.98 Å². The minimum absolute atomic E-state index is 0.0322. The van der Waals surface area contributed by atoms with E-state index in [0.29, 0.717) is 34.2 Å². The minimum Gasteiger partial charge on any atom is -0.354 e. The number of rotatable bonds is 8. The van der Waals surface area contributed by atoms with Crippen molar-refractivity contribution in [2.24, 2.45) is 0 Å². The molecule has 0 saturated heterocycles. The van der Waals surface area contributed by atoms with Crippen LogP contribution in [0.25, 0.3) is 10.9 Å². The van der Waals surface area contributed by atoms with Gasteiger partial charge in [-0.15, -0.1) is 6.58 Å². The average molecular weight is 454 g/mol. The number of carbonyl (C=O) groups is 1. The summed E-state index contributed by atoms with van der Waals surface area (Å²) in [7, 11) is 0. The Morgan fingerprint density at radius 2 is 2.03 bits per heavy atom. The molecule has 1 aromatic heterocycles. The number of aromatic nitrogens is 2. The summed E-state index contributed by atoms with van der Waals surface area (Å²) in [5.74, 6) is 0.110. The van der Waals surface area contributed by atoms with Crippen molar-refractivity contribution in [3.05, 3.63) is 82.1 Å². The Morgan fingerprint density at radius 3 is 2.71 bits per heavy atom. The zero-order valence-electron chi connectivity index (χ0n) is 17.1. The number of carbonyl (C=O) groups excluding carboxylic acids is 1. The van der Waals surface area contributed by atoms with Crippen LogP contribution in [0, 0.1) is 0 Å². The number of benzene rings is 2. The molecule has 160 valence electrons. The van der Waals surface area contributed by atoms with Gasteiger partial charge in [-0.2, -0.15) is 0 Å². The summed E-state index contributed by atoms with van der Waals surface area (Å²) < 4.78 is 1.54. The molecule has 31 heavy (non-hydrogen) atoms. The lowest BCUT2D eigenvalue weighted by Crippen LogP contribution is -2.46. The van der Waals surface area contributed by atoms with Crippen LogP contribution in [0.15, 0.2) is 71.1 Å². The van der Waals surface area contributed by atoms with Crippen molar-refractivity contribution in [2.45, 2.75) is 36.4 Å². The number of fused-ring (bicyclic) bond motifs is 1. The average Bonchev–Trinajstić information content (AvgIpc) is 2.74. The van der Waals surface area contributed by atoms with Gasteiger partial charge in [0, 0.05) is 23.5 Å². The predicted molar refractivity (Wildman–Crippen MR) is 127 cm³/mol. The second kappa shape index (κ2) is 9.28. The summed E-state index contributed by atoms with van der Waals surface area (Å²) >= 11 is 7.32. The van der Waals surface area contributed by atoms with Crippen molar-refractivity contribution < 1.29 is 4.79 Å². The van der Waals surface area contributed by atoms with Gasteiger partial charge >= 0.3 is 0 Å². The monoisotopic (exact) mass is 453 g/mol. The van der Waals surface area contributed by atoms with E-state index in [4.69, 9.17) is 11.6 Å². The normalized spacial score (nSPS) is 14.7. The molecule has 0 radical (unpaired) electrons. The van der Waals surface area contributed by atoms with E-state index in [1.54, 1.807) is 28.8 Å². The summed E-state index contributed by atoms with van der Waals surface area (Å²) in [6.07, 6.45) is 4.98. The Morgan fingerprint density at radius 1 is 1.26 bits per heavy atom. The quantitative estimate of drug-likeness (QED) is 0.308. The van der Waals surface area contributed by atoms with E-state index in [-0.39, 0.29) is 22.6 Å². The fraction of sp³-hybridized carbons (Fsp3) is 0.292. The summed E-state index contributed by atoms with van der Waals surface area (Å²) in [6, 6.07) is 15.4.